The zero-order valence-corrected chi connectivity index (χ0v) is 22.7. The van der Waals surface area contributed by atoms with Gasteiger partial charge in [-0.25, -0.2) is 4.79 Å². The first-order valence-electron chi connectivity index (χ1n) is 12.8. The molecule has 1 aliphatic heterocycles. The van der Waals surface area contributed by atoms with E-state index in [1.165, 1.54) is 5.56 Å². The summed E-state index contributed by atoms with van der Waals surface area (Å²) in [5.74, 6) is 1.53. The van der Waals surface area contributed by atoms with E-state index >= 15 is 0 Å². The molecule has 2 amide bonds. The van der Waals surface area contributed by atoms with Gasteiger partial charge in [0, 0.05) is 38.3 Å². The van der Waals surface area contributed by atoms with Gasteiger partial charge in [-0.2, -0.15) is 0 Å². The van der Waals surface area contributed by atoms with Crippen LogP contribution in [0.5, 0.6) is 11.5 Å². The number of hydrogen-bond donors (Lipinski definition) is 2. The van der Waals surface area contributed by atoms with Crippen LogP contribution >= 0.6 is 11.6 Å². The second-order valence-electron chi connectivity index (χ2n) is 9.62. The minimum Gasteiger partial charge on any atom is -0.497 e. The van der Waals surface area contributed by atoms with E-state index in [9.17, 15) is 9.59 Å². The number of benzene rings is 2. The predicted molar refractivity (Wildman–Crippen MR) is 145 cm³/mol. The van der Waals surface area contributed by atoms with E-state index in [0.29, 0.717) is 42.5 Å². The van der Waals surface area contributed by atoms with Crippen LogP contribution in [0.4, 0.5) is 4.79 Å². The number of carbonyl (C=O) groups is 2. The van der Waals surface area contributed by atoms with Crippen molar-refractivity contribution in [2.24, 2.45) is 5.92 Å². The Labute approximate surface area is 224 Å². The van der Waals surface area contributed by atoms with Crippen molar-refractivity contribution in [2.75, 3.05) is 39.9 Å². The molecule has 3 rings (SSSR count). The fourth-order valence-corrected chi connectivity index (χ4v) is 4.19. The van der Waals surface area contributed by atoms with Crippen molar-refractivity contribution < 1.29 is 23.8 Å². The number of amides is 2. The summed E-state index contributed by atoms with van der Waals surface area (Å²) in [5, 5.41) is 5.93. The first kappa shape index (κ1) is 28.6. The maximum atomic E-state index is 12.5. The van der Waals surface area contributed by atoms with E-state index in [1.807, 2.05) is 26.0 Å². The Morgan fingerprint density at radius 3 is 2.41 bits per heavy atom. The molecule has 1 aliphatic rings. The summed E-state index contributed by atoms with van der Waals surface area (Å²) in [6, 6.07) is 13.3. The number of ether oxygens (including phenoxy) is 3. The lowest BCUT2D eigenvalue weighted by Gasteiger charge is -2.32. The lowest BCUT2D eigenvalue weighted by Crippen LogP contribution is -2.37. The highest BCUT2D eigenvalue weighted by Gasteiger charge is 2.22. The molecule has 1 saturated heterocycles. The molecule has 1 heterocycles. The van der Waals surface area contributed by atoms with Crippen LogP contribution < -0.4 is 20.1 Å². The zero-order valence-electron chi connectivity index (χ0n) is 21.9. The van der Waals surface area contributed by atoms with E-state index in [1.54, 1.807) is 25.3 Å². The Balaban J connectivity index is 1.36. The molecule has 37 heavy (non-hydrogen) atoms. The summed E-state index contributed by atoms with van der Waals surface area (Å²) in [6.45, 7) is 7.97. The van der Waals surface area contributed by atoms with E-state index < -0.39 is 6.09 Å². The molecule has 2 N–H and O–H groups in total. The Morgan fingerprint density at radius 1 is 1.05 bits per heavy atom. The monoisotopic (exact) mass is 531 g/mol. The molecule has 0 unspecified atom stereocenters. The first-order valence-corrected chi connectivity index (χ1v) is 13.2. The maximum Gasteiger partial charge on any atom is 0.407 e. The molecule has 0 spiro atoms. The number of hydrogen-bond acceptors (Lipinski definition) is 6. The number of nitrogens with one attached hydrogen (secondary N) is 2. The lowest BCUT2D eigenvalue weighted by atomic mass is 10.1. The molecule has 202 valence electrons. The van der Waals surface area contributed by atoms with Crippen molar-refractivity contribution in [3.63, 3.8) is 0 Å². The molecule has 8 nitrogen and oxygen atoms in total. The number of piperidine rings is 1. The molecule has 0 aliphatic carbocycles. The average molecular weight is 532 g/mol. The van der Waals surface area contributed by atoms with Crippen LogP contribution in [0.2, 0.25) is 5.02 Å². The van der Waals surface area contributed by atoms with Crippen LogP contribution in [0.25, 0.3) is 0 Å². The SMILES string of the molecule is COc1ccc(CN2CCC(Oc3ccc(C(=O)NCCCNC(=O)OCC(C)C)cc3Cl)CC2)cc1. The summed E-state index contributed by atoms with van der Waals surface area (Å²) in [6.07, 6.45) is 2.06. The Hall–Kier alpha value is -2.97. The van der Waals surface area contributed by atoms with E-state index in [4.69, 9.17) is 25.8 Å². The summed E-state index contributed by atoms with van der Waals surface area (Å²) in [7, 11) is 1.67. The van der Waals surface area contributed by atoms with Crippen molar-refractivity contribution in [3.8, 4) is 11.5 Å². The Morgan fingerprint density at radius 2 is 1.76 bits per heavy atom. The van der Waals surface area contributed by atoms with Gasteiger partial charge in [0.1, 0.15) is 17.6 Å². The number of likely N-dealkylation sites (tertiary alicyclic amines) is 1. The van der Waals surface area contributed by atoms with Crippen LogP contribution in [0.3, 0.4) is 0 Å². The van der Waals surface area contributed by atoms with Gasteiger partial charge in [-0.3, -0.25) is 9.69 Å². The number of nitrogens with zero attached hydrogens (tertiary/aromatic N) is 1. The zero-order chi connectivity index (χ0) is 26.6. The third-order valence-corrected chi connectivity index (χ3v) is 6.34. The van der Waals surface area contributed by atoms with Crippen LogP contribution in [0, 0.1) is 5.92 Å². The third-order valence-electron chi connectivity index (χ3n) is 6.04. The van der Waals surface area contributed by atoms with Crippen LogP contribution in [0.1, 0.15) is 49.0 Å². The van der Waals surface area contributed by atoms with E-state index in [-0.39, 0.29) is 17.9 Å². The summed E-state index contributed by atoms with van der Waals surface area (Å²) < 4.78 is 16.4. The highest BCUT2D eigenvalue weighted by molar-refractivity contribution is 6.32. The van der Waals surface area contributed by atoms with Crippen molar-refractivity contribution in [2.45, 2.75) is 45.8 Å². The molecule has 0 atom stereocenters. The Kier molecular flexibility index (Phi) is 11.4. The maximum absolute atomic E-state index is 12.5. The highest BCUT2D eigenvalue weighted by Crippen LogP contribution is 2.29. The molecule has 1 fully saturated rings. The van der Waals surface area contributed by atoms with Crippen LogP contribution in [-0.2, 0) is 11.3 Å². The van der Waals surface area contributed by atoms with Gasteiger partial charge in [-0.05, 0) is 61.1 Å². The normalized spacial score (nSPS) is 14.3. The summed E-state index contributed by atoms with van der Waals surface area (Å²) in [4.78, 5) is 26.4. The van der Waals surface area contributed by atoms with Crippen molar-refractivity contribution >= 4 is 23.6 Å². The second-order valence-corrected chi connectivity index (χ2v) is 10.0. The number of carbonyl (C=O) groups excluding carboxylic acids is 2. The fraction of sp³-hybridized carbons (Fsp3) is 0.500. The quantitative estimate of drug-likeness (QED) is 0.379. The number of rotatable bonds is 12. The summed E-state index contributed by atoms with van der Waals surface area (Å²) in [5.41, 5.74) is 1.73. The second kappa shape index (κ2) is 14.7. The number of alkyl carbamates (subject to hydrolysis) is 1. The van der Waals surface area contributed by atoms with Crippen LogP contribution in [-0.4, -0.2) is 62.9 Å². The minimum atomic E-state index is -0.440. The Bertz CT molecular complexity index is 1010. The van der Waals surface area contributed by atoms with Crippen molar-refractivity contribution in [3.05, 3.63) is 58.6 Å². The van der Waals surface area contributed by atoms with Gasteiger partial charge in [0.15, 0.2) is 0 Å². The standard InChI is InChI=1S/C28H38ClN3O5/c1-20(2)19-36-28(34)31-14-4-13-30-27(33)22-7-10-26(25(29)17-22)37-24-11-15-32(16-12-24)18-21-5-8-23(35-3)9-6-21/h5-10,17,20,24H,4,11-16,18-19H2,1-3H3,(H,30,33)(H,31,34). The fourth-order valence-electron chi connectivity index (χ4n) is 3.97. The molecule has 2 aromatic carbocycles. The van der Waals surface area contributed by atoms with Gasteiger partial charge in [0.25, 0.3) is 5.91 Å². The van der Waals surface area contributed by atoms with Crippen molar-refractivity contribution in [1.82, 2.24) is 15.5 Å². The molecular weight excluding hydrogens is 494 g/mol. The van der Waals surface area contributed by atoms with Gasteiger partial charge in [-0.15, -0.1) is 0 Å². The largest absolute Gasteiger partial charge is 0.497 e. The first-order chi connectivity index (χ1) is 17.8. The predicted octanol–water partition coefficient (Wildman–Crippen LogP) is 4.89. The average Bonchev–Trinajstić information content (AvgIpc) is 2.89. The highest BCUT2D eigenvalue weighted by atomic mass is 35.5. The van der Waals surface area contributed by atoms with Gasteiger partial charge in [0.2, 0.25) is 0 Å². The molecular formula is C28H38ClN3O5. The topological polar surface area (TPSA) is 89.1 Å². The summed E-state index contributed by atoms with van der Waals surface area (Å²) >= 11 is 6.44. The lowest BCUT2D eigenvalue weighted by molar-refractivity contribution is 0.0950. The van der Waals surface area contributed by atoms with E-state index in [0.717, 1.165) is 38.2 Å². The molecule has 0 aromatic heterocycles. The molecule has 0 saturated carbocycles. The van der Waals surface area contributed by atoms with E-state index in [2.05, 4.69) is 27.7 Å². The third kappa shape index (κ3) is 9.78. The molecule has 2 aromatic rings. The molecule has 0 bridgehead atoms. The number of methoxy groups -OCH3 is 1. The van der Waals surface area contributed by atoms with Crippen LogP contribution in [0.15, 0.2) is 42.5 Å². The number of halogens is 1. The van der Waals surface area contributed by atoms with Gasteiger partial charge in [-0.1, -0.05) is 37.6 Å². The van der Waals surface area contributed by atoms with Gasteiger partial charge < -0.3 is 24.8 Å². The van der Waals surface area contributed by atoms with Crippen molar-refractivity contribution in [1.29, 1.82) is 0 Å². The smallest absolute Gasteiger partial charge is 0.407 e. The molecule has 0 radical (unpaired) electrons. The minimum absolute atomic E-state index is 0.0871. The molecule has 9 heteroatoms. The van der Waals surface area contributed by atoms with Gasteiger partial charge in [0.05, 0.1) is 18.7 Å². The van der Waals surface area contributed by atoms with Gasteiger partial charge >= 0.3 is 6.09 Å².